The van der Waals surface area contributed by atoms with Crippen LogP contribution in [-0.2, 0) is 0 Å². The molecule has 2 heterocycles. The summed E-state index contributed by atoms with van der Waals surface area (Å²) in [5.41, 5.74) is 2.48. The van der Waals surface area contributed by atoms with Crippen molar-refractivity contribution >= 4 is 17.2 Å². The van der Waals surface area contributed by atoms with Crippen molar-refractivity contribution in [1.29, 1.82) is 0 Å². The van der Waals surface area contributed by atoms with Gasteiger partial charge >= 0.3 is 0 Å². The van der Waals surface area contributed by atoms with Crippen LogP contribution in [0.5, 0.6) is 5.75 Å². The number of aromatic nitrogens is 3. The average Bonchev–Trinajstić information content (AvgIpc) is 2.87. The highest BCUT2D eigenvalue weighted by molar-refractivity contribution is 6.30. The second kappa shape index (κ2) is 4.31. The Morgan fingerprint density at radius 1 is 1.22 bits per heavy atom. The topological polar surface area (TPSA) is 39.4 Å². The highest BCUT2D eigenvalue weighted by atomic mass is 35.5. The molecule has 0 amide bonds. The van der Waals surface area contributed by atoms with Crippen molar-refractivity contribution in [3.05, 3.63) is 47.7 Å². The minimum Gasteiger partial charge on any atom is -0.497 e. The van der Waals surface area contributed by atoms with E-state index in [9.17, 15) is 0 Å². The number of rotatable bonds is 2. The molecule has 5 heteroatoms. The third-order valence-electron chi connectivity index (χ3n) is 2.68. The number of halogens is 1. The lowest BCUT2D eigenvalue weighted by molar-refractivity contribution is 0.415. The Hall–Kier alpha value is -2.07. The normalized spacial score (nSPS) is 10.8. The first kappa shape index (κ1) is 11.0. The van der Waals surface area contributed by atoms with Gasteiger partial charge in [0.25, 0.3) is 0 Å². The van der Waals surface area contributed by atoms with E-state index in [1.807, 2.05) is 30.3 Å². The molecule has 0 fully saturated rings. The Labute approximate surface area is 109 Å². The summed E-state index contributed by atoms with van der Waals surface area (Å²) in [6.07, 6.45) is 1.67. The van der Waals surface area contributed by atoms with Crippen molar-refractivity contribution in [2.24, 2.45) is 0 Å². The summed E-state index contributed by atoms with van der Waals surface area (Å²) in [7, 11) is 1.64. The highest BCUT2D eigenvalue weighted by Gasteiger charge is 2.07. The van der Waals surface area contributed by atoms with Crippen LogP contribution in [0.4, 0.5) is 0 Å². The number of hydrogen-bond acceptors (Lipinski definition) is 3. The Balaban J connectivity index is 2.18. The Kier molecular flexibility index (Phi) is 2.64. The van der Waals surface area contributed by atoms with E-state index in [0.29, 0.717) is 5.15 Å². The summed E-state index contributed by atoms with van der Waals surface area (Å²) in [6.45, 7) is 0. The maximum atomic E-state index is 6.16. The van der Waals surface area contributed by atoms with Gasteiger partial charge in [0, 0.05) is 17.7 Å². The van der Waals surface area contributed by atoms with Crippen LogP contribution in [0, 0.1) is 0 Å². The molecule has 0 radical (unpaired) electrons. The van der Waals surface area contributed by atoms with Crippen molar-refractivity contribution in [3.8, 4) is 17.0 Å². The second-order valence-electron chi connectivity index (χ2n) is 3.80. The van der Waals surface area contributed by atoms with Gasteiger partial charge in [-0.3, -0.25) is 0 Å². The predicted octanol–water partition coefficient (Wildman–Crippen LogP) is 3.06. The molecular formula is C13H10ClN3O. The molecule has 0 saturated carbocycles. The van der Waals surface area contributed by atoms with Crippen LogP contribution < -0.4 is 4.74 Å². The van der Waals surface area contributed by atoms with Crippen molar-refractivity contribution in [1.82, 2.24) is 14.6 Å². The van der Waals surface area contributed by atoms with E-state index < -0.39 is 0 Å². The fraction of sp³-hybridized carbons (Fsp3) is 0.0769. The van der Waals surface area contributed by atoms with Gasteiger partial charge in [-0.15, -0.1) is 0 Å². The first-order valence-electron chi connectivity index (χ1n) is 5.42. The zero-order chi connectivity index (χ0) is 12.5. The first-order valence-corrected chi connectivity index (χ1v) is 5.80. The molecule has 18 heavy (non-hydrogen) atoms. The minimum atomic E-state index is 0.530. The molecule has 4 nitrogen and oxygen atoms in total. The van der Waals surface area contributed by atoms with Gasteiger partial charge in [-0.05, 0) is 12.1 Å². The quantitative estimate of drug-likeness (QED) is 0.664. The molecule has 2 aromatic heterocycles. The molecule has 0 aliphatic heterocycles. The largest absolute Gasteiger partial charge is 0.497 e. The summed E-state index contributed by atoms with van der Waals surface area (Å²) in [5.74, 6) is 0.791. The van der Waals surface area contributed by atoms with Crippen LogP contribution in [0.15, 0.2) is 42.6 Å². The van der Waals surface area contributed by atoms with E-state index in [-0.39, 0.29) is 0 Å². The average molecular weight is 260 g/mol. The fourth-order valence-corrected chi connectivity index (χ4v) is 2.04. The SMILES string of the molecule is COc1cccc(-c2cc(Cl)n3nccc3n2)c1. The zero-order valence-corrected chi connectivity index (χ0v) is 10.4. The number of nitrogens with zero attached hydrogens (tertiary/aromatic N) is 3. The zero-order valence-electron chi connectivity index (χ0n) is 9.67. The van der Waals surface area contributed by atoms with Crippen LogP contribution in [0.25, 0.3) is 16.9 Å². The molecule has 0 unspecified atom stereocenters. The third kappa shape index (κ3) is 1.80. The van der Waals surface area contributed by atoms with Crippen LogP contribution in [0.3, 0.4) is 0 Å². The van der Waals surface area contributed by atoms with Crippen molar-refractivity contribution in [2.75, 3.05) is 7.11 Å². The number of ether oxygens (including phenoxy) is 1. The predicted molar refractivity (Wildman–Crippen MR) is 70.0 cm³/mol. The van der Waals surface area contributed by atoms with Gasteiger partial charge in [0.2, 0.25) is 0 Å². The summed E-state index contributed by atoms with van der Waals surface area (Å²) >= 11 is 6.16. The summed E-state index contributed by atoms with van der Waals surface area (Å²) in [6, 6.07) is 11.3. The molecule has 0 aliphatic carbocycles. The molecule has 0 atom stereocenters. The number of benzene rings is 1. The summed E-state index contributed by atoms with van der Waals surface area (Å²) in [4.78, 5) is 4.50. The third-order valence-corrected chi connectivity index (χ3v) is 2.95. The van der Waals surface area contributed by atoms with E-state index in [2.05, 4.69) is 10.1 Å². The molecule has 0 aliphatic rings. The molecular weight excluding hydrogens is 250 g/mol. The van der Waals surface area contributed by atoms with Gasteiger partial charge in [-0.1, -0.05) is 23.7 Å². The second-order valence-corrected chi connectivity index (χ2v) is 4.18. The van der Waals surface area contributed by atoms with E-state index in [1.54, 1.807) is 23.9 Å². The lowest BCUT2D eigenvalue weighted by Crippen LogP contribution is -1.94. The number of fused-ring (bicyclic) bond motifs is 1. The van der Waals surface area contributed by atoms with E-state index in [1.165, 1.54) is 0 Å². The first-order chi connectivity index (χ1) is 8.78. The standard InChI is InChI=1S/C13H10ClN3O/c1-18-10-4-2-3-9(7-10)11-8-12(14)17-13(16-11)5-6-15-17/h2-8H,1H3. The van der Waals surface area contributed by atoms with E-state index in [4.69, 9.17) is 16.3 Å². The van der Waals surface area contributed by atoms with Crippen molar-refractivity contribution in [3.63, 3.8) is 0 Å². The van der Waals surface area contributed by atoms with Crippen molar-refractivity contribution < 1.29 is 4.74 Å². The van der Waals surface area contributed by atoms with Gasteiger partial charge in [0.1, 0.15) is 10.9 Å². The number of hydrogen-bond donors (Lipinski definition) is 0. The maximum absolute atomic E-state index is 6.16. The summed E-state index contributed by atoms with van der Waals surface area (Å²) < 4.78 is 6.79. The monoisotopic (exact) mass is 259 g/mol. The van der Waals surface area contributed by atoms with E-state index in [0.717, 1.165) is 22.7 Å². The minimum absolute atomic E-state index is 0.530. The van der Waals surface area contributed by atoms with Crippen LogP contribution >= 0.6 is 11.6 Å². The molecule has 3 rings (SSSR count). The smallest absolute Gasteiger partial charge is 0.157 e. The molecule has 0 bridgehead atoms. The van der Waals surface area contributed by atoms with Gasteiger partial charge in [0.05, 0.1) is 19.0 Å². The molecule has 0 N–H and O–H groups in total. The van der Waals surface area contributed by atoms with Gasteiger partial charge in [0.15, 0.2) is 5.65 Å². The lowest BCUT2D eigenvalue weighted by Gasteiger charge is -2.05. The van der Waals surface area contributed by atoms with Gasteiger partial charge in [-0.2, -0.15) is 5.10 Å². The molecule has 3 aromatic rings. The maximum Gasteiger partial charge on any atom is 0.157 e. The number of methoxy groups -OCH3 is 1. The fourth-order valence-electron chi connectivity index (χ4n) is 1.81. The van der Waals surface area contributed by atoms with Gasteiger partial charge < -0.3 is 4.74 Å². The van der Waals surface area contributed by atoms with Crippen molar-refractivity contribution in [2.45, 2.75) is 0 Å². The van der Waals surface area contributed by atoms with Gasteiger partial charge in [-0.25, -0.2) is 9.50 Å². The molecule has 1 aromatic carbocycles. The van der Waals surface area contributed by atoms with Crippen LogP contribution in [-0.4, -0.2) is 21.7 Å². The molecule has 90 valence electrons. The molecule has 0 spiro atoms. The lowest BCUT2D eigenvalue weighted by atomic mass is 10.1. The summed E-state index contributed by atoms with van der Waals surface area (Å²) in [5, 5.41) is 4.61. The Bertz CT molecular complexity index is 708. The Morgan fingerprint density at radius 3 is 2.94 bits per heavy atom. The van der Waals surface area contributed by atoms with E-state index >= 15 is 0 Å². The van der Waals surface area contributed by atoms with Crippen LogP contribution in [0.2, 0.25) is 5.15 Å². The van der Waals surface area contributed by atoms with Crippen LogP contribution in [0.1, 0.15) is 0 Å². The highest BCUT2D eigenvalue weighted by Crippen LogP contribution is 2.25. The Morgan fingerprint density at radius 2 is 2.11 bits per heavy atom. The molecule has 0 saturated heterocycles.